The van der Waals surface area contributed by atoms with Crippen LogP contribution in [0.1, 0.15) is 34.3 Å². The Labute approximate surface area is 171 Å². The molecule has 2 amide bonds. The van der Waals surface area contributed by atoms with Crippen LogP contribution in [-0.4, -0.2) is 54.3 Å². The van der Waals surface area contributed by atoms with Gasteiger partial charge in [-0.1, -0.05) is 42.5 Å². The maximum Gasteiger partial charge on any atom is 0.337 e. The van der Waals surface area contributed by atoms with Crippen molar-refractivity contribution in [3.05, 3.63) is 71.3 Å². The molecule has 0 spiro atoms. The number of amides is 2. The van der Waals surface area contributed by atoms with Crippen molar-refractivity contribution in [1.82, 2.24) is 9.80 Å². The van der Waals surface area contributed by atoms with Crippen molar-refractivity contribution in [2.24, 2.45) is 0 Å². The first-order valence-corrected chi connectivity index (χ1v) is 9.83. The molecule has 2 aromatic carbocycles. The Morgan fingerprint density at radius 3 is 2.48 bits per heavy atom. The first-order chi connectivity index (χ1) is 14.1. The number of hydrogen-bond donors (Lipinski definition) is 0. The van der Waals surface area contributed by atoms with Gasteiger partial charge in [-0.05, 0) is 29.7 Å². The van der Waals surface area contributed by atoms with Crippen molar-refractivity contribution in [3.8, 4) is 0 Å². The normalized spacial score (nSPS) is 14.4. The molecule has 0 atom stereocenters. The molecule has 6 heteroatoms. The van der Waals surface area contributed by atoms with E-state index in [0.717, 1.165) is 11.1 Å². The van der Waals surface area contributed by atoms with E-state index in [-0.39, 0.29) is 11.8 Å². The van der Waals surface area contributed by atoms with Crippen LogP contribution < -0.4 is 0 Å². The third kappa shape index (κ3) is 5.67. The van der Waals surface area contributed by atoms with E-state index in [2.05, 4.69) is 0 Å². The molecule has 0 radical (unpaired) electrons. The minimum absolute atomic E-state index is 0.0202. The van der Waals surface area contributed by atoms with Crippen LogP contribution in [0.4, 0.5) is 0 Å². The highest BCUT2D eigenvalue weighted by Gasteiger charge is 2.24. The molecule has 1 aliphatic heterocycles. The molecule has 3 rings (SSSR count). The predicted octanol–water partition coefficient (Wildman–Crippen LogP) is 2.67. The van der Waals surface area contributed by atoms with Crippen molar-refractivity contribution in [3.63, 3.8) is 0 Å². The molecule has 6 nitrogen and oxygen atoms in total. The summed E-state index contributed by atoms with van der Waals surface area (Å²) >= 11 is 0. The van der Waals surface area contributed by atoms with Gasteiger partial charge >= 0.3 is 5.97 Å². The maximum absolute atomic E-state index is 12.6. The van der Waals surface area contributed by atoms with E-state index in [4.69, 9.17) is 4.74 Å². The average molecular weight is 394 g/mol. The number of methoxy groups -OCH3 is 1. The Balaban J connectivity index is 1.57. The molecule has 0 aliphatic carbocycles. The summed E-state index contributed by atoms with van der Waals surface area (Å²) in [4.78, 5) is 40.4. The summed E-state index contributed by atoms with van der Waals surface area (Å²) < 4.78 is 4.75. The van der Waals surface area contributed by atoms with Crippen LogP contribution in [0.15, 0.2) is 54.6 Å². The van der Waals surface area contributed by atoms with Crippen molar-refractivity contribution in [1.29, 1.82) is 0 Å². The minimum atomic E-state index is -0.399. The van der Waals surface area contributed by atoms with Crippen molar-refractivity contribution in [2.75, 3.05) is 26.7 Å². The standard InChI is InChI=1S/C23H26N2O4/c1-29-23(28)20-9-5-8-19(16-20)17-25-15-14-24(13-12-22(25)27)21(26)11-10-18-6-3-2-4-7-18/h2-9,16H,10-15,17H2,1H3. The highest BCUT2D eigenvalue weighted by atomic mass is 16.5. The number of nitrogens with zero attached hydrogens (tertiary/aromatic N) is 2. The monoisotopic (exact) mass is 394 g/mol. The first-order valence-electron chi connectivity index (χ1n) is 9.83. The SMILES string of the molecule is COC(=O)c1cccc(CN2CCN(C(=O)CCc3ccccc3)CCC2=O)c1. The molecule has 0 bridgehead atoms. The zero-order valence-corrected chi connectivity index (χ0v) is 16.7. The topological polar surface area (TPSA) is 66.9 Å². The molecule has 2 aromatic rings. The van der Waals surface area contributed by atoms with Gasteiger partial charge in [-0.15, -0.1) is 0 Å². The van der Waals surface area contributed by atoms with Crippen LogP contribution in [0.5, 0.6) is 0 Å². The summed E-state index contributed by atoms with van der Waals surface area (Å²) in [5, 5.41) is 0. The summed E-state index contributed by atoms with van der Waals surface area (Å²) in [6.07, 6.45) is 1.46. The predicted molar refractivity (Wildman–Crippen MR) is 109 cm³/mol. The number of carbonyl (C=O) groups is 3. The molecule has 0 N–H and O–H groups in total. The van der Waals surface area contributed by atoms with Crippen molar-refractivity contribution < 1.29 is 19.1 Å². The second kappa shape index (κ2) is 9.87. The van der Waals surface area contributed by atoms with E-state index in [9.17, 15) is 14.4 Å². The van der Waals surface area contributed by atoms with Gasteiger partial charge in [-0.25, -0.2) is 4.79 Å². The van der Waals surface area contributed by atoms with Gasteiger partial charge in [-0.2, -0.15) is 0 Å². The van der Waals surface area contributed by atoms with E-state index in [1.807, 2.05) is 36.4 Å². The largest absolute Gasteiger partial charge is 0.465 e. The highest BCUT2D eigenvalue weighted by Crippen LogP contribution is 2.14. The molecule has 0 unspecified atom stereocenters. The molecule has 0 aromatic heterocycles. The number of benzene rings is 2. The summed E-state index contributed by atoms with van der Waals surface area (Å²) in [5.41, 5.74) is 2.47. The van der Waals surface area contributed by atoms with Gasteiger partial charge in [0.15, 0.2) is 0 Å². The molecule has 1 heterocycles. The third-order valence-electron chi connectivity index (χ3n) is 5.13. The van der Waals surface area contributed by atoms with Gasteiger partial charge < -0.3 is 14.5 Å². The second-order valence-electron chi connectivity index (χ2n) is 7.12. The Hall–Kier alpha value is -3.15. The van der Waals surface area contributed by atoms with E-state index in [1.165, 1.54) is 7.11 Å². The fourth-order valence-electron chi connectivity index (χ4n) is 3.47. The smallest absolute Gasteiger partial charge is 0.337 e. The zero-order chi connectivity index (χ0) is 20.6. The number of carbonyl (C=O) groups excluding carboxylic acids is 3. The average Bonchev–Trinajstić information content (AvgIpc) is 2.94. The van der Waals surface area contributed by atoms with Crippen molar-refractivity contribution >= 4 is 17.8 Å². The second-order valence-corrected chi connectivity index (χ2v) is 7.12. The lowest BCUT2D eigenvalue weighted by molar-refractivity contribution is -0.131. The minimum Gasteiger partial charge on any atom is -0.465 e. The van der Waals surface area contributed by atoms with Gasteiger partial charge in [0.05, 0.1) is 12.7 Å². The first kappa shape index (κ1) is 20.6. The lowest BCUT2D eigenvalue weighted by Crippen LogP contribution is -2.35. The molecule has 1 aliphatic rings. The molecule has 152 valence electrons. The quantitative estimate of drug-likeness (QED) is 0.707. The molecule has 29 heavy (non-hydrogen) atoms. The van der Waals surface area contributed by atoms with Gasteiger partial charge in [0.25, 0.3) is 0 Å². The fourth-order valence-corrected chi connectivity index (χ4v) is 3.47. The molecular weight excluding hydrogens is 368 g/mol. The van der Waals surface area contributed by atoms with Crippen LogP contribution in [0.25, 0.3) is 0 Å². The summed E-state index contributed by atoms with van der Waals surface area (Å²) in [6, 6.07) is 17.0. The van der Waals surface area contributed by atoms with E-state index < -0.39 is 5.97 Å². The Morgan fingerprint density at radius 2 is 1.72 bits per heavy atom. The van der Waals surface area contributed by atoms with Crippen LogP contribution in [-0.2, 0) is 27.3 Å². The van der Waals surface area contributed by atoms with Gasteiger partial charge in [-0.3, -0.25) is 9.59 Å². The third-order valence-corrected chi connectivity index (χ3v) is 5.13. The number of hydrogen-bond acceptors (Lipinski definition) is 4. The summed E-state index contributed by atoms with van der Waals surface area (Å²) in [5.74, 6) is -0.299. The van der Waals surface area contributed by atoms with Crippen LogP contribution in [0.2, 0.25) is 0 Å². The van der Waals surface area contributed by atoms with Crippen LogP contribution in [0.3, 0.4) is 0 Å². The highest BCUT2D eigenvalue weighted by molar-refractivity contribution is 5.89. The Bertz CT molecular complexity index is 866. The number of ether oxygens (including phenoxy) is 1. The lowest BCUT2D eigenvalue weighted by Gasteiger charge is -2.22. The van der Waals surface area contributed by atoms with Gasteiger partial charge in [0.1, 0.15) is 0 Å². The summed E-state index contributed by atoms with van der Waals surface area (Å²) in [7, 11) is 1.34. The Morgan fingerprint density at radius 1 is 0.966 bits per heavy atom. The molecule has 1 saturated heterocycles. The van der Waals surface area contributed by atoms with Gasteiger partial charge in [0.2, 0.25) is 11.8 Å². The maximum atomic E-state index is 12.6. The summed E-state index contributed by atoms with van der Waals surface area (Å²) in [6.45, 7) is 1.87. The van der Waals surface area contributed by atoms with Gasteiger partial charge in [0, 0.05) is 39.0 Å². The van der Waals surface area contributed by atoms with Crippen LogP contribution in [0, 0.1) is 0 Å². The molecule has 1 fully saturated rings. The van der Waals surface area contributed by atoms with E-state index >= 15 is 0 Å². The Kier molecular flexibility index (Phi) is 7.00. The van der Waals surface area contributed by atoms with Crippen molar-refractivity contribution in [2.45, 2.75) is 25.8 Å². The lowest BCUT2D eigenvalue weighted by atomic mass is 10.1. The number of esters is 1. The van der Waals surface area contributed by atoms with E-state index in [0.29, 0.717) is 51.0 Å². The molecular formula is C23H26N2O4. The van der Waals surface area contributed by atoms with Crippen LogP contribution >= 0.6 is 0 Å². The van der Waals surface area contributed by atoms with E-state index in [1.54, 1.807) is 28.0 Å². The molecule has 0 saturated carbocycles. The number of aryl methyl sites for hydroxylation is 1. The number of rotatable bonds is 6. The zero-order valence-electron chi connectivity index (χ0n) is 16.7. The fraction of sp³-hybridized carbons (Fsp3) is 0.348.